The largest absolute Gasteiger partial charge is 0.310 e. The number of nitrogens with zero attached hydrogens (tertiary/aromatic N) is 2. The van der Waals surface area contributed by atoms with Gasteiger partial charge in [-0.25, -0.2) is 0 Å². The Morgan fingerprint density at radius 2 is 1.85 bits per heavy atom. The first-order valence-corrected chi connectivity index (χ1v) is 9.62. The van der Waals surface area contributed by atoms with Crippen molar-refractivity contribution in [3.8, 4) is 6.07 Å². The molecule has 1 saturated carbocycles. The number of rotatable bonds is 8. The van der Waals surface area contributed by atoms with Gasteiger partial charge < -0.3 is 10.2 Å². The minimum Gasteiger partial charge on any atom is -0.310 e. The number of anilines is 1. The molecule has 3 rings (SSSR count). The Hall–Kier alpha value is -2.64. The van der Waals surface area contributed by atoms with Gasteiger partial charge in [0.1, 0.15) is 0 Å². The van der Waals surface area contributed by atoms with E-state index in [4.69, 9.17) is 5.26 Å². The summed E-state index contributed by atoms with van der Waals surface area (Å²) in [5.41, 5.74) is 4.35. The SMILES string of the molecule is Cc1cc(C)cc(N(CCC#N)C(=O)CNC(c2ccccc2)C2CC2)c1. The van der Waals surface area contributed by atoms with Crippen LogP contribution in [0.25, 0.3) is 0 Å². The van der Waals surface area contributed by atoms with Crippen molar-refractivity contribution in [3.63, 3.8) is 0 Å². The summed E-state index contributed by atoms with van der Waals surface area (Å²) in [4.78, 5) is 14.7. The molecule has 27 heavy (non-hydrogen) atoms. The van der Waals surface area contributed by atoms with Crippen LogP contribution >= 0.6 is 0 Å². The Bertz CT molecular complexity index is 801. The van der Waals surface area contributed by atoms with Gasteiger partial charge in [0, 0.05) is 18.3 Å². The fourth-order valence-electron chi connectivity index (χ4n) is 3.61. The maximum Gasteiger partial charge on any atom is 0.240 e. The monoisotopic (exact) mass is 361 g/mol. The van der Waals surface area contributed by atoms with Crippen LogP contribution in [0.4, 0.5) is 5.69 Å². The number of nitrogens with one attached hydrogen (secondary N) is 1. The molecule has 0 aliphatic heterocycles. The lowest BCUT2D eigenvalue weighted by molar-refractivity contribution is -0.117. The Morgan fingerprint density at radius 1 is 1.19 bits per heavy atom. The lowest BCUT2D eigenvalue weighted by Crippen LogP contribution is -2.40. The number of hydrogen-bond donors (Lipinski definition) is 1. The number of amides is 1. The fraction of sp³-hybridized carbons (Fsp3) is 0.391. The van der Waals surface area contributed by atoms with E-state index >= 15 is 0 Å². The van der Waals surface area contributed by atoms with Crippen LogP contribution in [-0.4, -0.2) is 19.0 Å². The lowest BCUT2D eigenvalue weighted by atomic mass is 10.0. The third-order valence-electron chi connectivity index (χ3n) is 4.99. The molecule has 1 aliphatic rings. The van der Waals surface area contributed by atoms with Gasteiger partial charge in [-0.1, -0.05) is 36.4 Å². The summed E-state index contributed by atoms with van der Waals surface area (Å²) in [7, 11) is 0. The molecule has 140 valence electrons. The number of benzene rings is 2. The van der Waals surface area contributed by atoms with Gasteiger partial charge in [-0.2, -0.15) is 5.26 Å². The normalized spacial score (nSPS) is 14.4. The second kappa shape index (κ2) is 8.83. The summed E-state index contributed by atoms with van der Waals surface area (Å²) in [5.74, 6) is 0.616. The molecule has 1 N–H and O–H groups in total. The zero-order chi connectivity index (χ0) is 19.2. The van der Waals surface area contributed by atoms with Gasteiger partial charge in [-0.05, 0) is 61.4 Å². The van der Waals surface area contributed by atoms with Crippen LogP contribution in [0.1, 0.15) is 42.0 Å². The Morgan fingerprint density at radius 3 is 2.44 bits per heavy atom. The average Bonchev–Trinajstić information content (AvgIpc) is 3.47. The molecule has 0 aromatic heterocycles. The van der Waals surface area contributed by atoms with E-state index in [1.54, 1.807) is 4.90 Å². The molecule has 1 fully saturated rings. The summed E-state index contributed by atoms with van der Waals surface area (Å²) in [6.45, 7) is 4.74. The molecule has 0 heterocycles. The highest BCUT2D eigenvalue weighted by Gasteiger charge is 2.32. The molecule has 0 bridgehead atoms. The van der Waals surface area contributed by atoms with Crippen molar-refractivity contribution in [3.05, 3.63) is 65.2 Å². The number of carbonyl (C=O) groups excluding carboxylic acids is 1. The standard InChI is InChI=1S/C23H27N3O/c1-17-13-18(2)15-21(14-17)26(12-6-11-24)22(27)16-25-23(20-9-10-20)19-7-4-3-5-8-19/h3-5,7-8,13-15,20,23,25H,6,9-10,12,16H2,1-2H3. The molecular formula is C23H27N3O. The molecule has 2 aromatic carbocycles. The second-order valence-corrected chi connectivity index (χ2v) is 7.41. The van der Waals surface area contributed by atoms with Gasteiger partial charge in [0.05, 0.1) is 19.0 Å². The van der Waals surface area contributed by atoms with Crippen LogP contribution in [0, 0.1) is 31.1 Å². The molecular weight excluding hydrogens is 334 g/mol. The van der Waals surface area contributed by atoms with Crippen molar-refractivity contribution in [1.82, 2.24) is 5.32 Å². The number of carbonyl (C=O) groups is 1. The third-order valence-corrected chi connectivity index (χ3v) is 4.99. The number of aryl methyl sites for hydroxylation is 2. The maximum absolute atomic E-state index is 13.0. The minimum atomic E-state index is 0.0110. The van der Waals surface area contributed by atoms with E-state index in [-0.39, 0.29) is 18.5 Å². The lowest BCUT2D eigenvalue weighted by Gasteiger charge is -2.25. The van der Waals surface area contributed by atoms with Crippen LogP contribution in [-0.2, 0) is 4.79 Å². The summed E-state index contributed by atoms with van der Waals surface area (Å²) in [6, 6.07) is 18.8. The van der Waals surface area contributed by atoms with E-state index in [9.17, 15) is 4.79 Å². The van der Waals surface area contributed by atoms with E-state index in [0.29, 0.717) is 18.9 Å². The van der Waals surface area contributed by atoms with Crippen LogP contribution in [0.2, 0.25) is 0 Å². The first-order chi connectivity index (χ1) is 13.1. The number of nitriles is 1. The predicted molar refractivity (Wildman–Crippen MR) is 108 cm³/mol. The second-order valence-electron chi connectivity index (χ2n) is 7.41. The highest BCUT2D eigenvalue weighted by molar-refractivity contribution is 5.95. The van der Waals surface area contributed by atoms with Gasteiger partial charge in [-0.3, -0.25) is 4.79 Å². The van der Waals surface area contributed by atoms with E-state index in [1.165, 1.54) is 18.4 Å². The summed E-state index contributed by atoms with van der Waals surface area (Å²) in [6.07, 6.45) is 2.73. The van der Waals surface area contributed by atoms with Crippen molar-refractivity contribution in [2.24, 2.45) is 5.92 Å². The fourth-order valence-corrected chi connectivity index (χ4v) is 3.61. The van der Waals surface area contributed by atoms with Crippen molar-refractivity contribution in [2.45, 2.75) is 39.2 Å². The average molecular weight is 361 g/mol. The zero-order valence-electron chi connectivity index (χ0n) is 16.1. The summed E-state index contributed by atoms with van der Waals surface area (Å²) < 4.78 is 0. The van der Waals surface area contributed by atoms with Crippen molar-refractivity contribution >= 4 is 11.6 Å². The van der Waals surface area contributed by atoms with E-state index < -0.39 is 0 Å². The molecule has 2 aromatic rings. The first-order valence-electron chi connectivity index (χ1n) is 9.62. The highest BCUT2D eigenvalue weighted by atomic mass is 16.2. The Balaban J connectivity index is 1.73. The van der Waals surface area contributed by atoms with Crippen LogP contribution < -0.4 is 10.2 Å². The first kappa shape index (κ1) is 19.1. The van der Waals surface area contributed by atoms with Crippen molar-refractivity contribution in [1.29, 1.82) is 5.26 Å². The molecule has 0 saturated heterocycles. The van der Waals surface area contributed by atoms with Gasteiger partial charge in [0.15, 0.2) is 0 Å². The molecule has 0 spiro atoms. The van der Waals surface area contributed by atoms with Gasteiger partial charge in [0.2, 0.25) is 5.91 Å². The van der Waals surface area contributed by atoms with Gasteiger partial charge in [-0.15, -0.1) is 0 Å². The van der Waals surface area contributed by atoms with Crippen LogP contribution in [0.5, 0.6) is 0 Å². The molecule has 1 atom stereocenters. The van der Waals surface area contributed by atoms with E-state index in [0.717, 1.165) is 16.8 Å². The predicted octanol–water partition coefficient (Wildman–Crippen LogP) is 4.29. The smallest absolute Gasteiger partial charge is 0.240 e. The molecule has 1 amide bonds. The number of hydrogen-bond acceptors (Lipinski definition) is 3. The van der Waals surface area contributed by atoms with E-state index in [1.807, 2.05) is 44.2 Å². The van der Waals surface area contributed by atoms with Crippen molar-refractivity contribution in [2.75, 3.05) is 18.0 Å². The zero-order valence-corrected chi connectivity index (χ0v) is 16.1. The maximum atomic E-state index is 13.0. The quantitative estimate of drug-likeness (QED) is 0.763. The molecule has 1 unspecified atom stereocenters. The Labute approximate surface area is 161 Å². The van der Waals surface area contributed by atoms with Gasteiger partial charge >= 0.3 is 0 Å². The molecule has 1 aliphatic carbocycles. The summed E-state index contributed by atoms with van der Waals surface area (Å²) >= 11 is 0. The minimum absolute atomic E-state index is 0.0110. The molecule has 4 nitrogen and oxygen atoms in total. The van der Waals surface area contributed by atoms with Crippen LogP contribution in [0.3, 0.4) is 0 Å². The summed E-state index contributed by atoms with van der Waals surface area (Å²) in [5, 5.41) is 12.5. The van der Waals surface area contributed by atoms with Crippen molar-refractivity contribution < 1.29 is 4.79 Å². The highest BCUT2D eigenvalue weighted by Crippen LogP contribution is 2.40. The third kappa shape index (κ3) is 5.18. The van der Waals surface area contributed by atoms with E-state index in [2.05, 4.69) is 29.6 Å². The molecule has 4 heteroatoms. The van der Waals surface area contributed by atoms with Gasteiger partial charge in [0.25, 0.3) is 0 Å². The van der Waals surface area contributed by atoms with Crippen LogP contribution in [0.15, 0.2) is 48.5 Å². The Kier molecular flexibility index (Phi) is 6.26. The topological polar surface area (TPSA) is 56.1 Å². The molecule has 0 radical (unpaired) electrons.